The van der Waals surface area contributed by atoms with Crippen LogP contribution in [0.2, 0.25) is 0 Å². The first-order valence-electron chi connectivity index (χ1n) is 3.97. The predicted molar refractivity (Wildman–Crippen MR) is 48.5 cm³/mol. The van der Waals surface area contributed by atoms with E-state index in [0.717, 1.165) is 6.20 Å². The molecule has 7 heteroatoms. The molecule has 0 aromatic carbocycles. The van der Waals surface area contributed by atoms with Crippen molar-refractivity contribution in [1.29, 1.82) is 0 Å². The zero-order chi connectivity index (χ0) is 11.6. The van der Waals surface area contributed by atoms with Gasteiger partial charge >= 0.3 is 5.97 Å². The number of pyridine rings is 1. The lowest BCUT2D eigenvalue weighted by molar-refractivity contribution is 0.0694. The molecule has 0 spiro atoms. The van der Waals surface area contributed by atoms with Crippen LogP contribution in [0.25, 0.3) is 0 Å². The van der Waals surface area contributed by atoms with Crippen molar-refractivity contribution in [2.75, 3.05) is 5.73 Å². The predicted octanol–water partition coefficient (Wildman–Crippen LogP) is 0.758. The lowest BCUT2D eigenvalue weighted by Gasteiger charge is -2.11. The molecule has 0 fully saturated rings. The van der Waals surface area contributed by atoms with Gasteiger partial charge < -0.3 is 16.6 Å². The minimum absolute atomic E-state index is 0.176. The summed E-state index contributed by atoms with van der Waals surface area (Å²) in [5, 5.41) is 8.71. The number of aromatic nitrogens is 1. The monoisotopic (exact) mass is 217 g/mol. The van der Waals surface area contributed by atoms with E-state index in [-0.39, 0.29) is 17.7 Å². The highest BCUT2D eigenvalue weighted by Gasteiger charge is 2.22. The fourth-order valence-corrected chi connectivity index (χ4v) is 1.23. The summed E-state index contributed by atoms with van der Waals surface area (Å²) in [6, 6.07) is 0. The Kier molecular flexibility index (Phi) is 3.15. The summed E-state index contributed by atoms with van der Waals surface area (Å²) in [5.74, 6) is -1.75. The van der Waals surface area contributed by atoms with Gasteiger partial charge in [0.25, 0.3) is 6.43 Å². The van der Waals surface area contributed by atoms with Crippen molar-refractivity contribution in [3.8, 4) is 0 Å². The van der Waals surface area contributed by atoms with E-state index in [1.54, 1.807) is 0 Å². The molecule has 1 aromatic rings. The van der Waals surface area contributed by atoms with Crippen molar-refractivity contribution in [2.24, 2.45) is 5.73 Å². The van der Waals surface area contributed by atoms with Crippen LogP contribution < -0.4 is 11.5 Å². The number of hydrogen-bond acceptors (Lipinski definition) is 4. The Balaban J connectivity index is 3.47. The van der Waals surface area contributed by atoms with E-state index in [1.807, 2.05) is 0 Å². The highest BCUT2D eigenvalue weighted by atomic mass is 19.3. The summed E-state index contributed by atoms with van der Waals surface area (Å²) in [7, 11) is 0. The Bertz CT molecular complexity index is 396. The molecule has 5 nitrogen and oxygen atoms in total. The smallest absolute Gasteiger partial charge is 0.337 e. The molecule has 0 atom stereocenters. The number of halogens is 2. The number of alkyl halides is 2. The number of aromatic carboxylic acids is 1. The van der Waals surface area contributed by atoms with Crippen LogP contribution in [0.5, 0.6) is 0 Å². The van der Waals surface area contributed by atoms with Crippen molar-refractivity contribution in [3.63, 3.8) is 0 Å². The Morgan fingerprint density at radius 3 is 2.60 bits per heavy atom. The normalized spacial score (nSPS) is 10.7. The average Bonchev–Trinajstić information content (AvgIpc) is 2.15. The molecule has 15 heavy (non-hydrogen) atoms. The van der Waals surface area contributed by atoms with Gasteiger partial charge in [-0.05, 0) is 5.56 Å². The third kappa shape index (κ3) is 2.01. The molecule has 0 amide bonds. The number of carbonyl (C=O) groups is 1. The van der Waals surface area contributed by atoms with Crippen molar-refractivity contribution in [3.05, 3.63) is 22.9 Å². The minimum atomic E-state index is -2.89. The largest absolute Gasteiger partial charge is 0.478 e. The van der Waals surface area contributed by atoms with Crippen LogP contribution in [0.15, 0.2) is 6.20 Å². The first-order chi connectivity index (χ1) is 6.99. The quantitative estimate of drug-likeness (QED) is 0.693. The summed E-state index contributed by atoms with van der Waals surface area (Å²) in [4.78, 5) is 14.1. The minimum Gasteiger partial charge on any atom is -0.478 e. The average molecular weight is 217 g/mol. The number of anilines is 1. The maximum atomic E-state index is 12.6. The molecule has 1 rings (SSSR count). The topological polar surface area (TPSA) is 102 Å². The van der Waals surface area contributed by atoms with Crippen LogP contribution in [-0.4, -0.2) is 16.1 Å². The van der Waals surface area contributed by atoms with Gasteiger partial charge in [0.1, 0.15) is 5.82 Å². The molecule has 0 aliphatic heterocycles. The molecule has 1 aromatic heterocycles. The van der Waals surface area contributed by atoms with Gasteiger partial charge in [0.15, 0.2) is 0 Å². The van der Waals surface area contributed by atoms with Crippen molar-refractivity contribution >= 4 is 11.8 Å². The number of nitrogens with zero attached hydrogens (tertiary/aromatic N) is 1. The summed E-state index contributed by atoms with van der Waals surface area (Å²) >= 11 is 0. The van der Waals surface area contributed by atoms with E-state index in [4.69, 9.17) is 16.6 Å². The Morgan fingerprint density at radius 1 is 1.60 bits per heavy atom. The Hall–Kier alpha value is -1.76. The molecule has 1 heterocycles. The molecule has 5 N–H and O–H groups in total. The van der Waals surface area contributed by atoms with E-state index in [1.165, 1.54) is 0 Å². The van der Waals surface area contributed by atoms with Gasteiger partial charge in [0, 0.05) is 12.7 Å². The molecule has 82 valence electrons. The van der Waals surface area contributed by atoms with Gasteiger partial charge in [-0.3, -0.25) is 0 Å². The molecular formula is C8H9F2N3O2. The van der Waals surface area contributed by atoms with Crippen LogP contribution in [0.1, 0.15) is 27.9 Å². The summed E-state index contributed by atoms with van der Waals surface area (Å²) in [5.41, 5.74) is 9.32. The number of hydrogen-bond donors (Lipinski definition) is 3. The number of nitrogen functional groups attached to an aromatic ring is 1. The van der Waals surface area contributed by atoms with E-state index < -0.39 is 23.8 Å². The van der Waals surface area contributed by atoms with Gasteiger partial charge in [0.05, 0.1) is 11.1 Å². The molecule has 0 bridgehead atoms. The molecule has 0 aliphatic carbocycles. The summed E-state index contributed by atoms with van der Waals surface area (Å²) < 4.78 is 25.1. The molecule has 0 aliphatic rings. The van der Waals surface area contributed by atoms with Crippen LogP contribution in [0.3, 0.4) is 0 Å². The number of carboxylic acid groups (broad SMARTS) is 1. The van der Waals surface area contributed by atoms with Crippen LogP contribution in [0.4, 0.5) is 14.6 Å². The van der Waals surface area contributed by atoms with Crippen molar-refractivity contribution in [2.45, 2.75) is 13.0 Å². The maximum Gasteiger partial charge on any atom is 0.337 e. The van der Waals surface area contributed by atoms with E-state index in [9.17, 15) is 13.6 Å². The van der Waals surface area contributed by atoms with E-state index in [2.05, 4.69) is 4.98 Å². The Morgan fingerprint density at radius 2 is 2.20 bits per heavy atom. The SMILES string of the molecule is NCc1c(C(=O)O)cnc(N)c1C(F)F. The molecule has 0 radical (unpaired) electrons. The highest BCUT2D eigenvalue weighted by molar-refractivity contribution is 5.90. The fraction of sp³-hybridized carbons (Fsp3) is 0.250. The lowest BCUT2D eigenvalue weighted by atomic mass is 10.0. The number of carboxylic acids is 1. The zero-order valence-corrected chi connectivity index (χ0v) is 7.58. The maximum absolute atomic E-state index is 12.6. The second-order valence-corrected chi connectivity index (χ2v) is 2.76. The summed E-state index contributed by atoms with van der Waals surface area (Å²) in [6.45, 7) is -0.325. The van der Waals surface area contributed by atoms with Crippen molar-refractivity contribution in [1.82, 2.24) is 4.98 Å². The molecule has 0 saturated carbocycles. The first kappa shape index (κ1) is 11.3. The van der Waals surface area contributed by atoms with Crippen molar-refractivity contribution < 1.29 is 18.7 Å². The van der Waals surface area contributed by atoms with Crippen LogP contribution >= 0.6 is 0 Å². The molecule has 0 saturated heterocycles. The van der Waals surface area contributed by atoms with E-state index in [0.29, 0.717) is 0 Å². The first-order valence-corrected chi connectivity index (χ1v) is 3.97. The third-order valence-corrected chi connectivity index (χ3v) is 1.91. The highest BCUT2D eigenvalue weighted by Crippen LogP contribution is 2.29. The van der Waals surface area contributed by atoms with E-state index >= 15 is 0 Å². The summed E-state index contributed by atoms with van der Waals surface area (Å²) in [6.07, 6.45) is -1.97. The van der Waals surface area contributed by atoms with Gasteiger partial charge in [-0.2, -0.15) is 0 Å². The Labute approximate surface area is 83.7 Å². The van der Waals surface area contributed by atoms with Gasteiger partial charge in [0.2, 0.25) is 0 Å². The molecular weight excluding hydrogens is 208 g/mol. The number of nitrogens with two attached hydrogens (primary N) is 2. The second kappa shape index (κ2) is 4.18. The lowest BCUT2D eigenvalue weighted by Crippen LogP contribution is -2.14. The number of rotatable bonds is 3. The zero-order valence-electron chi connectivity index (χ0n) is 7.58. The third-order valence-electron chi connectivity index (χ3n) is 1.91. The van der Waals surface area contributed by atoms with Crippen LogP contribution in [0, 0.1) is 0 Å². The van der Waals surface area contributed by atoms with Gasteiger partial charge in [-0.25, -0.2) is 18.6 Å². The van der Waals surface area contributed by atoms with Gasteiger partial charge in [-0.1, -0.05) is 0 Å². The van der Waals surface area contributed by atoms with Gasteiger partial charge in [-0.15, -0.1) is 0 Å². The standard InChI is InChI=1S/C8H9F2N3O2/c9-6(10)5-3(1-11)4(8(14)15)2-13-7(5)12/h2,6H,1,11H2,(H2,12,13)(H,14,15). The molecule has 0 unspecified atom stereocenters. The fourth-order valence-electron chi connectivity index (χ4n) is 1.23. The van der Waals surface area contributed by atoms with Crippen LogP contribution in [-0.2, 0) is 6.54 Å². The second-order valence-electron chi connectivity index (χ2n) is 2.76.